The van der Waals surface area contributed by atoms with Gasteiger partial charge in [-0.3, -0.25) is 4.79 Å². The fourth-order valence-corrected chi connectivity index (χ4v) is 1.94. The molecule has 0 fully saturated rings. The molecule has 2 N–H and O–H groups in total. The van der Waals surface area contributed by atoms with E-state index in [2.05, 4.69) is 6.58 Å². The average molecular weight is 261 g/mol. The summed E-state index contributed by atoms with van der Waals surface area (Å²) in [5, 5.41) is 0. The summed E-state index contributed by atoms with van der Waals surface area (Å²) in [6.07, 6.45) is 1.74. The molecule has 0 spiro atoms. The first-order valence-corrected chi connectivity index (χ1v) is 6.37. The molecule has 19 heavy (non-hydrogen) atoms. The number of anilines is 2. The molecular weight excluding hydrogens is 238 g/mol. The molecule has 0 bridgehead atoms. The van der Waals surface area contributed by atoms with E-state index >= 15 is 0 Å². The quantitative estimate of drug-likeness (QED) is 0.654. The minimum Gasteiger partial charge on any atom is -0.399 e. The van der Waals surface area contributed by atoms with Crippen LogP contribution in [-0.4, -0.2) is 37.5 Å². The van der Waals surface area contributed by atoms with Crippen LogP contribution in [0.4, 0.5) is 11.4 Å². The maximum absolute atomic E-state index is 12.6. The maximum atomic E-state index is 12.6. The lowest BCUT2D eigenvalue weighted by Gasteiger charge is -2.27. The first kappa shape index (κ1) is 15.1. The highest BCUT2D eigenvalue weighted by molar-refractivity contribution is 6.00. The van der Waals surface area contributed by atoms with E-state index in [4.69, 9.17) is 5.73 Å². The molecule has 0 aliphatic carbocycles. The van der Waals surface area contributed by atoms with E-state index < -0.39 is 0 Å². The van der Waals surface area contributed by atoms with Crippen LogP contribution in [0.5, 0.6) is 0 Å². The highest BCUT2D eigenvalue weighted by Crippen LogP contribution is 2.23. The summed E-state index contributed by atoms with van der Waals surface area (Å²) in [5.74, 6) is -0.0223. The van der Waals surface area contributed by atoms with Crippen LogP contribution in [0.3, 0.4) is 0 Å². The van der Waals surface area contributed by atoms with E-state index in [0.29, 0.717) is 17.8 Å². The predicted octanol–water partition coefficient (Wildman–Crippen LogP) is 2.37. The molecule has 0 saturated carbocycles. The van der Waals surface area contributed by atoms with Crippen molar-refractivity contribution in [2.75, 3.05) is 31.3 Å². The Hall–Kier alpha value is -1.97. The summed E-state index contributed by atoms with van der Waals surface area (Å²) in [7, 11) is 3.82. The van der Waals surface area contributed by atoms with Crippen molar-refractivity contribution in [3.63, 3.8) is 0 Å². The van der Waals surface area contributed by atoms with Gasteiger partial charge in [-0.1, -0.05) is 6.08 Å². The van der Waals surface area contributed by atoms with Gasteiger partial charge in [0.05, 0.1) is 5.56 Å². The Kier molecular flexibility index (Phi) is 4.98. The van der Waals surface area contributed by atoms with Crippen LogP contribution in [0.1, 0.15) is 24.2 Å². The fourth-order valence-electron chi connectivity index (χ4n) is 1.94. The van der Waals surface area contributed by atoms with Gasteiger partial charge in [0.25, 0.3) is 5.91 Å². The Morgan fingerprint density at radius 1 is 1.42 bits per heavy atom. The third-order valence-corrected chi connectivity index (χ3v) is 2.94. The molecule has 1 aromatic rings. The summed E-state index contributed by atoms with van der Waals surface area (Å²) in [6.45, 7) is 8.21. The topological polar surface area (TPSA) is 49.6 Å². The third kappa shape index (κ3) is 3.50. The first-order chi connectivity index (χ1) is 8.88. The Morgan fingerprint density at radius 2 is 2.05 bits per heavy atom. The van der Waals surface area contributed by atoms with Gasteiger partial charge in [-0.05, 0) is 32.0 Å². The van der Waals surface area contributed by atoms with Crippen LogP contribution in [0, 0.1) is 0 Å². The number of benzene rings is 1. The largest absolute Gasteiger partial charge is 0.399 e. The van der Waals surface area contributed by atoms with Gasteiger partial charge in [0.15, 0.2) is 0 Å². The number of amides is 1. The molecule has 0 aliphatic heterocycles. The normalized spacial score (nSPS) is 10.4. The standard InChI is InChI=1S/C15H23N3O/c1-6-9-18(11(2)3)15(19)13-10-12(16)7-8-14(13)17(4)5/h6-8,10-11H,1,9,16H2,2-5H3. The third-order valence-electron chi connectivity index (χ3n) is 2.94. The molecule has 0 heterocycles. The van der Waals surface area contributed by atoms with Crippen LogP contribution < -0.4 is 10.6 Å². The second-order valence-corrected chi connectivity index (χ2v) is 5.01. The number of carbonyl (C=O) groups is 1. The molecule has 4 nitrogen and oxygen atoms in total. The van der Waals surface area contributed by atoms with Crippen molar-refractivity contribution in [3.05, 3.63) is 36.4 Å². The van der Waals surface area contributed by atoms with E-state index in [1.165, 1.54) is 0 Å². The first-order valence-electron chi connectivity index (χ1n) is 6.37. The summed E-state index contributed by atoms with van der Waals surface area (Å²) < 4.78 is 0. The zero-order valence-corrected chi connectivity index (χ0v) is 12.2. The van der Waals surface area contributed by atoms with E-state index in [9.17, 15) is 4.79 Å². The van der Waals surface area contributed by atoms with Crippen LogP contribution in [-0.2, 0) is 0 Å². The Balaban J connectivity index is 3.23. The number of nitrogen functional groups attached to an aromatic ring is 1. The molecule has 1 amide bonds. The lowest BCUT2D eigenvalue weighted by Crippen LogP contribution is -2.37. The second-order valence-electron chi connectivity index (χ2n) is 5.01. The molecule has 0 saturated heterocycles. The van der Waals surface area contributed by atoms with E-state index in [0.717, 1.165) is 5.69 Å². The van der Waals surface area contributed by atoms with Gasteiger partial charge in [-0.2, -0.15) is 0 Å². The molecule has 1 aromatic carbocycles. The number of nitrogens with two attached hydrogens (primary N) is 1. The zero-order chi connectivity index (χ0) is 14.6. The smallest absolute Gasteiger partial charge is 0.256 e. The van der Waals surface area contributed by atoms with Crippen molar-refractivity contribution >= 4 is 17.3 Å². The van der Waals surface area contributed by atoms with E-state index in [-0.39, 0.29) is 11.9 Å². The lowest BCUT2D eigenvalue weighted by atomic mass is 10.1. The summed E-state index contributed by atoms with van der Waals surface area (Å²) in [6, 6.07) is 5.52. The number of rotatable bonds is 5. The van der Waals surface area contributed by atoms with Crippen molar-refractivity contribution in [3.8, 4) is 0 Å². The highest BCUT2D eigenvalue weighted by Gasteiger charge is 2.21. The lowest BCUT2D eigenvalue weighted by molar-refractivity contribution is 0.0729. The van der Waals surface area contributed by atoms with E-state index in [1.54, 1.807) is 23.1 Å². The highest BCUT2D eigenvalue weighted by atomic mass is 16.2. The van der Waals surface area contributed by atoms with Gasteiger partial charge < -0.3 is 15.5 Å². The molecule has 0 aliphatic rings. The Bertz CT molecular complexity index is 466. The van der Waals surface area contributed by atoms with Gasteiger partial charge in [-0.25, -0.2) is 0 Å². The molecule has 0 aromatic heterocycles. The monoisotopic (exact) mass is 261 g/mol. The Labute approximate surface area is 115 Å². The van der Waals surface area contributed by atoms with Crippen molar-refractivity contribution in [1.82, 2.24) is 4.90 Å². The number of hydrogen-bond donors (Lipinski definition) is 1. The van der Waals surface area contributed by atoms with Crippen LogP contribution in [0.25, 0.3) is 0 Å². The average Bonchev–Trinajstić information content (AvgIpc) is 2.34. The van der Waals surface area contributed by atoms with Gasteiger partial charge in [0.1, 0.15) is 0 Å². The number of nitrogens with zero attached hydrogens (tertiary/aromatic N) is 2. The molecule has 0 unspecified atom stereocenters. The minimum atomic E-state index is -0.0223. The molecular formula is C15H23N3O. The molecule has 0 radical (unpaired) electrons. The fraction of sp³-hybridized carbons (Fsp3) is 0.400. The molecule has 1 rings (SSSR count). The van der Waals surface area contributed by atoms with Crippen LogP contribution in [0.15, 0.2) is 30.9 Å². The molecule has 104 valence electrons. The van der Waals surface area contributed by atoms with Crippen molar-refractivity contribution in [2.45, 2.75) is 19.9 Å². The minimum absolute atomic E-state index is 0.0223. The van der Waals surface area contributed by atoms with E-state index in [1.807, 2.05) is 38.9 Å². The van der Waals surface area contributed by atoms with Gasteiger partial charge in [0.2, 0.25) is 0 Å². The van der Waals surface area contributed by atoms with Crippen LogP contribution >= 0.6 is 0 Å². The summed E-state index contributed by atoms with van der Waals surface area (Å²) in [4.78, 5) is 16.3. The summed E-state index contributed by atoms with van der Waals surface area (Å²) >= 11 is 0. The molecule has 4 heteroatoms. The predicted molar refractivity (Wildman–Crippen MR) is 81.6 cm³/mol. The van der Waals surface area contributed by atoms with Gasteiger partial charge in [-0.15, -0.1) is 6.58 Å². The Morgan fingerprint density at radius 3 is 2.53 bits per heavy atom. The van der Waals surface area contributed by atoms with Crippen molar-refractivity contribution in [2.24, 2.45) is 0 Å². The molecule has 0 atom stereocenters. The van der Waals surface area contributed by atoms with Gasteiger partial charge >= 0.3 is 0 Å². The number of hydrogen-bond acceptors (Lipinski definition) is 3. The second kappa shape index (κ2) is 6.27. The number of carbonyl (C=O) groups excluding carboxylic acids is 1. The maximum Gasteiger partial charge on any atom is 0.256 e. The van der Waals surface area contributed by atoms with Crippen LogP contribution in [0.2, 0.25) is 0 Å². The zero-order valence-electron chi connectivity index (χ0n) is 12.2. The van der Waals surface area contributed by atoms with Gasteiger partial charge in [0, 0.05) is 38.1 Å². The van der Waals surface area contributed by atoms with Crippen molar-refractivity contribution in [1.29, 1.82) is 0 Å². The SMILES string of the molecule is C=CCN(C(=O)c1cc(N)ccc1N(C)C)C(C)C. The van der Waals surface area contributed by atoms with Crippen molar-refractivity contribution < 1.29 is 4.79 Å². The summed E-state index contributed by atoms with van der Waals surface area (Å²) in [5.41, 5.74) is 7.89.